The third-order valence-corrected chi connectivity index (χ3v) is 4.85. The van der Waals surface area contributed by atoms with Crippen molar-refractivity contribution in [1.29, 1.82) is 0 Å². The molecule has 106 valence electrons. The Labute approximate surface area is 115 Å². The van der Waals surface area contributed by atoms with Gasteiger partial charge < -0.3 is 5.32 Å². The van der Waals surface area contributed by atoms with E-state index in [-0.39, 0.29) is 11.3 Å². The molecule has 2 rings (SSSR count). The normalized spacial score (nSPS) is 17.4. The third kappa shape index (κ3) is 4.60. The molecule has 1 aliphatic rings. The second-order valence-corrected chi connectivity index (χ2v) is 7.24. The van der Waals surface area contributed by atoms with Crippen LogP contribution in [0.3, 0.4) is 0 Å². The van der Waals surface area contributed by atoms with Crippen LogP contribution in [0.2, 0.25) is 0 Å². The van der Waals surface area contributed by atoms with Crippen LogP contribution in [0.1, 0.15) is 37.8 Å². The molecule has 19 heavy (non-hydrogen) atoms. The lowest BCUT2D eigenvalue weighted by Crippen LogP contribution is -2.35. The Morgan fingerprint density at radius 3 is 2.58 bits per heavy atom. The predicted molar refractivity (Wildman–Crippen MR) is 77.2 cm³/mol. The average Bonchev–Trinajstić information content (AvgIpc) is 3.02. The second-order valence-electron chi connectivity index (χ2n) is 5.52. The van der Waals surface area contributed by atoms with Crippen LogP contribution in [-0.4, -0.2) is 20.5 Å². The Bertz CT molecular complexity index is 536. The van der Waals surface area contributed by atoms with E-state index in [4.69, 9.17) is 0 Å². The molecule has 5 heteroatoms. The fourth-order valence-corrected chi connectivity index (χ4v) is 3.66. The minimum absolute atomic E-state index is 0.0581. The number of benzene rings is 1. The van der Waals surface area contributed by atoms with E-state index in [1.165, 1.54) is 0 Å². The first kappa shape index (κ1) is 14.5. The highest BCUT2D eigenvalue weighted by atomic mass is 32.2. The van der Waals surface area contributed by atoms with Crippen molar-refractivity contribution in [3.63, 3.8) is 0 Å². The Morgan fingerprint density at radius 2 is 1.95 bits per heavy atom. The van der Waals surface area contributed by atoms with Crippen LogP contribution < -0.4 is 10.0 Å². The van der Waals surface area contributed by atoms with Crippen molar-refractivity contribution in [1.82, 2.24) is 10.0 Å². The first-order chi connectivity index (χ1) is 8.92. The van der Waals surface area contributed by atoms with E-state index in [1.54, 1.807) is 0 Å². The zero-order valence-electron chi connectivity index (χ0n) is 11.6. The first-order valence-corrected chi connectivity index (χ1v) is 8.38. The lowest BCUT2D eigenvalue weighted by Gasteiger charge is -2.12. The average molecular weight is 282 g/mol. The van der Waals surface area contributed by atoms with Gasteiger partial charge in [0.15, 0.2) is 0 Å². The second kappa shape index (κ2) is 5.61. The highest BCUT2D eigenvalue weighted by molar-refractivity contribution is 7.88. The van der Waals surface area contributed by atoms with Crippen molar-refractivity contribution in [3.05, 3.63) is 35.4 Å². The molecule has 1 aromatic carbocycles. The highest BCUT2D eigenvalue weighted by Crippen LogP contribution is 2.35. The lowest BCUT2D eigenvalue weighted by molar-refractivity contribution is 0.557. The molecule has 1 aliphatic carbocycles. The van der Waals surface area contributed by atoms with Gasteiger partial charge in [0, 0.05) is 12.1 Å². The number of rotatable bonds is 7. The summed E-state index contributed by atoms with van der Waals surface area (Å²) in [6.45, 7) is 5.68. The van der Waals surface area contributed by atoms with Gasteiger partial charge >= 0.3 is 0 Å². The maximum absolute atomic E-state index is 12.1. The Hall–Kier alpha value is -0.910. The van der Waals surface area contributed by atoms with Gasteiger partial charge in [0.2, 0.25) is 10.0 Å². The molecule has 0 aromatic heterocycles. The minimum Gasteiger partial charge on any atom is -0.313 e. The maximum Gasteiger partial charge on any atom is 0.216 e. The lowest BCUT2D eigenvalue weighted by atomic mass is 10.1. The molecule has 0 amide bonds. The van der Waals surface area contributed by atoms with Crippen LogP contribution in [0.4, 0.5) is 0 Å². The van der Waals surface area contributed by atoms with E-state index in [9.17, 15) is 8.42 Å². The van der Waals surface area contributed by atoms with Crippen molar-refractivity contribution < 1.29 is 8.42 Å². The summed E-state index contributed by atoms with van der Waals surface area (Å²) in [5, 5.41) is 3.24. The standard InChI is InChI=1S/C14H22N2O2S/c1-3-15-10-12-5-4-6-13(9-12)11-19(17,18)16-14(2)7-8-14/h4-6,9,15-16H,3,7-8,10-11H2,1-2H3. The molecule has 2 N–H and O–H groups in total. The first-order valence-electron chi connectivity index (χ1n) is 6.73. The van der Waals surface area contributed by atoms with E-state index < -0.39 is 10.0 Å². The molecule has 0 aliphatic heterocycles. The van der Waals surface area contributed by atoms with Gasteiger partial charge in [-0.05, 0) is 37.4 Å². The summed E-state index contributed by atoms with van der Waals surface area (Å²) in [7, 11) is -3.24. The van der Waals surface area contributed by atoms with Crippen molar-refractivity contribution in [2.45, 2.75) is 44.5 Å². The molecule has 1 saturated carbocycles. The van der Waals surface area contributed by atoms with Crippen LogP contribution in [0.25, 0.3) is 0 Å². The SMILES string of the molecule is CCNCc1cccc(CS(=O)(=O)NC2(C)CC2)c1. The zero-order chi connectivity index (χ0) is 13.9. The summed E-state index contributed by atoms with van der Waals surface area (Å²) in [5.74, 6) is 0.0581. The topological polar surface area (TPSA) is 58.2 Å². The van der Waals surface area contributed by atoms with E-state index >= 15 is 0 Å². The smallest absolute Gasteiger partial charge is 0.216 e. The third-order valence-electron chi connectivity index (χ3n) is 3.33. The van der Waals surface area contributed by atoms with Crippen molar-refractivity contribution in [2.24, 2.45) is 0 Å². The molecular weight excluding hydrogens is 260 g/mol. The van der Waals surface area contributed by atoms with E-state index in [1.807, 2.05) is 31.2 Å². The Morgan fingerprint density at radius 1 is 1.26 bits per heavy atom. The summed E-state index contributed by atoms with van der Waals surface area (Å²) < 4.78 is 26.9. The number of hydrogen-bond donors (Lipinski definition) is 2. The van der Waals surface area contributed by atoms with Gasteiger partial charge in [-0.1, -0.05) is 31.2 Å². The van der Waals surface area contributed by atoms with E-state index in [2.05, 4.69) is 17.0 Å². The summed E-state index contributed by atoms with van der Waals surface area (Å²) >= 11 is 0. The molecule has 0 spiro atoms. The Balaban J connectivity index is 2.01. The Kier molecular flexibility index (Phi) is 4.28. The molecule has 4 nitrogen and oxygen atoms in total. The monoisotopic (exact) mass is 282 g/mol. The molecule has 0 radical (unpaired) electrons. The number of nitrogens with one attached hydrogen (secondary N) is 2. The van der Waals surface area contributed by atoms with Crippen LogP contribution in [0.15, 0.2) is 24.3 Å². The summed E-state index contributed by atoms with van der Waals surface area (Å²) in [4.78, 5) is 0. The van der Waals surface area contributed by atoms with Gasteiger partial charge in [-0.25, -0.2) is 13.1 Å². The van der Waals surface area contributed by atoms with Crippen LogP contribution >= 0.6 is 0 Å². The van der Waals surface area contributed by atoms with Gasteiger partial charge in [-0.3, -0.25) is 0 Å². The molecule has 1 fully saturated rings. The molecular formula is C14H22N2O2S. The largest absolute Gasteiger partial charge is 0.313 e. The van der Waals surface area contributed by atoms with Crippen molar-refractivity contribution in [2.75, 3.05) is 6.54 Å². The molecule has 0 saturated heterocycles. The number of hydrogen-bond acceptors (Lipinski definition) is 3. The molecule has 1 aromatic rings. The summed E-state index contributed by atoms with van der Waals surface area (Å²) in [5.41, 5.74) is 1.76. The highest BCUT2D eigenvalue weighted by Gasteiger charge is 2.40. The van der Waals surface area contributed by atoms with Crippen LogP contribution in [0.5, 0.6) is 0 Å². The number of sulfonamides is 1. The zero-order valence-corrected chi connectivity index (χ0v) is 12.4. The molecule has 0 bridgehead atoms. The van der Waals surface area contributed by atoms with Gasteiger partial charge in [-0.2, -0.15) is 0 Å². The predicted octanol–water partition coefficient (Wildman–Crippen LogP) is 1.77. The van der Waals surface area contributed by atoms with Gasteiger partial charge in [-0.15, -0.1) is 0 Å². The maximum atomic E-state index is 12.1. The minimum atomic E-state index is -3.24. The van der Waals surface area contributed by atoms with Crippen molar-refractivity contribution in [3.8, 4) is 0 Å². The summed E-state index contributed by atoms with van der Waals surface area (Å²) in [6.07, 6.45) is 1.87. The van der Waals surface area contributed by atoms with Crippen LogP contribution in [0, 0.1) is 0 Å². The van der Waals surface area contributed by atoms with E-state index in [0.717, 1.165) is 37.1 Å². The molecule has 0 unspecified atom stereocenters. The molecule has 0 atom stereocenters. The molecule has 0 heterocycles. The van der Waals surface area contributed by atoms with Gasteiger partial charge in [0.1, 0.15) is 0 Å². The fourth-order valence-electron chi connectivity index (χ4n) is 2.02. The summed E-state index contributed by atoms with van der Waals surface area (Å²) in [6, 6.07) is 7.74. The van der Waals surface area contributed by atoms with Gasteiger partial charge in [0.05, 0.1) is 5.75 Å². The quantitative estimate of drug-likeness (QED) is 0.801. The fraction of sp³-hybridized carbons (Fsp3) is 0.571. The van der Waals surface area contributed by atoms with E-state index in [0.29, 0.717) is 0 Å². The van der Waals surface area contributed by atoms with Gasteiger partial charge in [0.25, 0.3) is 0 Å². The van der Waals surface area contributed by atoms with Crippen LogP contribution in [-0.2, 0) is 22.3 Å². The van der Waals surface area contributed by atoms with Crippen molar-refractivity contribution >= 4 is 10.0 Å².